The number of halogens is 2. The van der Waals surface area contributed by atoms with Gasteiger partial charge in [-0.2, -0.15) is 5.26 Å². The molecule has 1 fully saturated rings. The minimum absolute atomic E-state index is 0.00620. The highest BCUT2D eigenvalue weighted by Crippen LogP contribution is 2.38. The third kappa shape index (κ3) is 6.41. The van der Waals surface area contributed by atoms with E-state index in [0.717, 1.165) is 5.69 Å². The quantitative estimate of drug-likeness (QED) is 0.281. The maximum atomic E-state index is 14.0. The highest BCUT2D eigenvalue weighted by atomic mass is 35.5. The number of anilines is 1. The lowest BCUT2D eigenvalue weighted by Gasteiger charge is -2.36. The van der Waals surface area contributed by atoms with E-state index in [1.165, 1.54) is 12.1 Å². The zero-order chi connectivity index (χ0) is 26.2. The Hall–Kier alpha value is -4.02. The molecule has 0 aromatic heterocycles. The molecule has 8 heteroatoms. The van der Waals surface area contributed by atoms with Crippen LogP contribution in [0.15, 0.2) is 72.3 Å². The van der Waals surface area contributed by atoms with E-state index in [2.05, 4.69) is 4.90 Å². The van der Waals surface area contributed by atoms with Crippen molar-refractivity contribution in [3.8, 4) is 17.6 Å². The fourth-order valence-electron chi connectivity index (χ4n) is 4.13. The van der Waals surface area contributed by atoms with E-state index >= 15 is 0 Å². The van der Waals surface area contributed by atoms with Crippen LogP contribution in [0.5, 0.6) is 11.5 Å². The van der Waals surface area contributed by atoms with Gasteiger partial charge in [-0.1, -0.05) is 48.0 Å². The van der Waals surface area contributed by atoms with Crippen LogP contribution in [-0.2, 0) is 11.4 Å². The van der Waals surface area contributed by atoms with Crippen LogP contribution in [0.3, 0.4) is 0 Å². The van der Waals surface area contributed by atoms with Crippen LogP contribution in [0.4, 0.5) is 10.1 Å². The number of rotatable bonds is 8. The first-order valence-electron chi connectivity index (χ1n) is 12.0. The van der Waals surface area contributed by atoms with Crippen LogP contribution < -0.4 is 14.4 Å². The third-order valence-electron chi connectivity index (χ3n) is 6.01. The molecular weight excluding hydrogens is 493 g/mol. The SMILES string of the molecule is CCOc1cc(/C=C(/C#N)C(=O)N2CCN(c3ccccc3)CC2)cc(Cl)c1OCc1ccccc1F. The number of hydrogen-bond donors (Lipinski definition) is 0. The summed E-state index contributed by atoms with van der Waals surface area (Å²) >= 11 is 6.49. The normalized spacial score (nSPS) is 13.7. The van der Waals surface area contributed by atoms with Gasteiger partial charge in [0.25, 0.3) is 5.91 Å². The lowest BCUT2D eigenvalue weighted by atomic mass is 10.1. The number of benzene rings is 3. The standard InChI is InChI=1S/C29H27ClFN3O3/c1-2-36-27-18-21(17-25(30)28(27)37-20-22-8-6-7-11-26(22)31)16-23(19-32)29(35)34-14-12-33(13-15-34)24-9-4-3-5-10-24/h3-11,16-18H,2,12-15,20H2,1H3/b23-16-. The van der Waals surface area contributed by atoms with E-state index in [9.17, 15) is 14.4 Å². The molecule has 1 heterocycles. The topological polar surface area (TPSA) is 65.8 Å². The zero-order valence-corrected chi connectivity index (χ0v) is 21.2. The Morgan fingerprint density at radius 2 is 1.76 bits per heavy atom. The van der Waals surface area contributed by atoms with E-state index in [1.54, 1.807) is 35.2 Å². The van der Waals surface area contributed by atoms with Crippen molar-refractivity contribution in [1.29, 1.82) is 5.26 Å². The van der Waals surface area contributed by atoms with Gasteiger partial charge in [0.15, 0.2) is 11.5 Å². The average Bonchev–Trinajstić information content (AvgIpc) is 2.92. The fourth-order valence-corrected chi connectivity index (χ4v) is 4.40. The van der Waals surface area contributed by atoms with Gasteiger partial charge in [-0.3, -0.25) is 4.79 Å². The molecule has 0 spiro atoms. The second-order valence-corrected chi connectivity index (χ2v) is 8.83. The monoisotopic (exact) mass is 519 g/mol. The first-order chi connectivity index (χ1) is 18.0. The third-order valence-corrected chi connectivity index (χ3v) is 6.29. The average molecular weight is 520 g/mol. The molecule has 1 aliphatic heterocycles. The number of para-hydroxylation sites is 1. The summed E-state index contributed by atoms with van der Waals surface area (Å²) in [4.78, 5) is 17.0. The summed E-state index contributed by atoms with van der Waals surface area (Å²) in [5.74, 6) is -0.0910. The molecule has 37 heavy (non-hydrogen) atoms. The first-order valence-corrected chi connectivity index (χ1v) is 12.4. The summed E-state index contributed by atoms with van der Waals surface area (Å²) < 4.78 is 25.5. The van der Waals surface area contributed by atoms with Crippen LogP contribution in [0.2, 0.25) is 5.02 Å². The van der Waals surface area contributed by atoms with Crippen molar-refractivity contribution in [3.05, 3.63) is 94.3 Å². The highest BCUT2D eigenvalue weighted by Gasteiger charge is 2.24. The Kier molecular flexibility index (Phi) is 8.65. The van der Waals surface area contributed by atoms with E-state index < -0.39 is 0 Å². The van der Waals surface area contributed by atoms with E-state index in [1.807, 2.05) is 43.3 Å². The Labute approximate surface area is 221 Å². The maximum Gasteiger partial charge on any atom is 0.264 e. The predicted octanol–water partition coefficient (Wildman–Crippen LogP) is 5.71. The van der Waals surface area contributed by atoms with Gasteiger partial charge in [0.05, 0.1) is 11.6 Å². The Balaban J connectivity index is 1.49. The van der Waals surface area contributed by atoms with Gasteiger partial charge in [0, 0.05) is 37.4 Å². The van der Waals surface area contributed by atoms with Crippen LogP contribution in [0.25, 0.3) is 6.08 Å². The summed E-state index contributed by atoms with van der Waals surface area (Å²) in [6.45, 7) is 4.52. The van der Waals surface area contributed by atoms with Crippen molar-refractivity contribution in [2.45, 2.75) is 13.5 Å². The molecule has 0 radical (unpaired) electrons. The molecule has 0 unspecified atom stereocenters. The van der Waals surface area contributed by atoms with Crippen molar-refractivity contribution >= 4 is 29.3 Å². The van der Waals surface area contributed by atoms with Crippen LogP contribution in [0.1, 0.15) is 18.1 Å². The van der Waals surface area contributed by atoms with Gasteiger partial charge < -0.3 is 19.3 Å². The van der Waals surface area contributed by atoms with Gasteiger partial charge in [-0.05, 0) is 48.9 Å². The smallest absolute Gasteiger partial charge is 0.264 e. The molecule has 3 aromatic carbocycles. The van der Waals surface area contributed by atoms with Crippen molar-refractivity contribution < 1.29 is 18.7 Å². The number of ether oxygens (including phenoxy) is 2. The van der Waals surface area contributed by atoms with Crippen LogP contribution in [-0.4, -0.2) is 43.6 Å². The first kappa shape index (κ1) is 26.1. The molecule has 0 N–H and O–H groups in total. The molecule has 0 bridgehead atoms. The number of amides is 1. The van der Waals surface area contributed by atoms with Gasteiger partial charge in [0.1, 0.15) is 24.1 Å². The fraction of sp³-hybridized carbons (Fsp3) is 0.241. The minimum atomic E-state index is -0.377. The second-order valence-electron chi connectivity index (χ2n) is 8.43. The lowest BCUT2D eigenvalue weighted by Crippen LogP contribution is -2.49. The van der Waals surface area contributed by atoms with Gasteiger partial charge in [-0.25, -0.2) is 4.39 Å². The molecule has 0 aliphatic carbocycles. The second kappa shape index (κ2) is 12.3. The molecule has 190 valence electrons. The van der Waals surface area contributed by atoms with Crippen molar-refractivity contribution in [3.63, 3.8) is 0 Å². The highest BCUT2D eigenvalue weighted by molar-refractivity contribution is 6.32. The predicted molar refractivity (Wildman–Crippen MR) is 142 cm³/mol. The molecule has 3 aromatic rings. The molecular formula is C29H27ClFN3O3. The number of nitrogens with zero attached hydrogens (tertiary/aromatic N) is 3. The van der Waals surface area contributed by atoms with Gasteiger partial charge in [0.2, 0.25) is 0 Å². The Morgan fingerprint density at radius 1 is 1.05 bits per heavy atom. The number of carbonyl (C=O) groups is 1. The molecule has 1 amide bonds. The maximum absolute atomic E-state index is 14.0. The summed E-state index contributed by atoms with van der Waals surface area (Å²) in [6.07, 6.45) is 1.50. The molecule has 1 saturated heterocycles. The van der Waals surface area contributed by atoms with Crippen molar-refractivity contribution in [1.82, 2.24) is 4.90 Å². The van der Waals surface area contributed by atoms with E-state index in [-0.39, 0.29) is 34.7 Å². The largest absolute Gasteiger partial charge is 0.490 e. The summed E-state index contributed by atoms with van der Waals surface area (Å²) in [7, 11) is 0. The Bertz CT molecular complexity index is 1320. The van der Waals surface area contributed by atoms with Crippen LogP contribution >= 0.6 is 11.6 Å². The summed E-state index contributed by atoms with van der Waals surface area (Å²) in [5.41, 5.74) is 2.03. The molecule has 0 atom stereocenters. The lowest BCUT2D eigenvalue weighted by molar-refractivity contribution is -0.126. The molecule has 0 saturated carbocycles. The number of nitriles is 1. The van der Waals surface area contributed by atoms with Crippen molar-refractivity contribution in [2.24, 2.45) is 0 Å². The molecule has 6 nitrogen and oxygen atoms in total. The van der Waals surface area contributed by atoms with E-state index in [0.29, 0.717) is 49.7 Å². The van der Waals surface area contributed by atoms with Crippen molar-refractivity contribution in [2.75, 3.05) is 37.7 Å². The van der Waals surface area contributed by atoms with Gasteiger partial charge >= 0.3 is 0 Å². The molecule has 4 rings (SSSR count). The number of piperazine rings is 1. The zero-order valence-electron chi connectivity index (χ0n) is 20.5. The summed E-state index contributed by atoms with van der Waals surface area (Å²) in [6, 6.07) is 21.6. The number of hydrogen-bond acceptors (Lipinski definition) is 5. The van der Waals surface area contributed by atoms with E-state index in [4.69, 9.17) is 21.1 Å². The Morgan fingerprint density at radius 3 is 2.43 bits per heavy atom. The molecule has 1 aliphatic rings. The minimum Gasteiger partial charge on any atom is -0.490 e. The van der Waals surface area contributed by atoms with Gasteiger partial charge in [-0.15, -0.1) is 0 Å². The summed E-state index contributed by atoms with van der Waals surface area (Å²) in [5, 5.41) is 9.98. The van der Waals surface area contributed by atoms with Crippen LogP contribution in [0, 0.1) is 17.1 Å². The number of carbonyl (C=O) groups excluding carboxylic acids is 1.